The summed E-state index contributed by atoms with van der Waals surface area (Å²) in [6.45, 7) is 0. The fraction of sp³-hybridized carbons (Fsp3) is 0.333. The molecule has 0 amide bonds. The molecule has 0 fully saturated rings. The standard InChI is InChI=1S/C15H14ClN5OS/c1-23-8-5-6-9(11(16)7-8)14-17-15(22-20-14)10-3-2-4-12-13(10)19-21-18-12/h5-7,10H,2-4H2,1H3,(H,18,19,21). The highest BCUT2D eigenvalue weighted by Gasteiger charge is 2.30. The van der Waals surface area contributed by atoms with Crippen molar-refractivity contribution < 1.29 is 4.52 Å². The van der Waals surface area contributed by atoms with Gasteiger partial charge in [-0.2, -0.15) is 20.4 Å². The molecule has 0 aliphatic heterocycles. The maximum absolute atomic E-state index is 6.34. The van der Waals surface area contributed by atoms with Gasteiger partial charge in [0.1, 0.15) is 0 Å². The number of fused-ring (bicyclic) bond motifs is 1. The Balaban J connectivity index is 1.68. The van der Waals surface area contributed by atoms with Gasteiger partial charge in [-0.25, -0.2) is 0 Å². The van der Waals surface area contributed by atoms with Crippen LogP contribution < -0.4 is 0 Å². The lowest BCUT2D eigenvalue weighted by Crippen LogP contribution is -2.11. The van der Waals surface area contributed by atoms with Gasteiger partial charge in [0.2, 0.25) is 11.7 Å². The minimum Gasteiger partial charge on any atom is -0.338 e. The van der Waals surface area contributed by atoms with Crippen molar-refractivity contribution >= 4 is 23.4 Å². The largest absolute Gasteiger partial charge is 0.338 e. The third kappa shape index (κ3) is 2.64. The van der Waals surface area contributed by atoms with E-state index in [1.807, 2.05) is 24.5 Å². The Labute approximate surface area is 142 Å². The number of rotatable bonds is 3. The Hall–Kier alpha value is -1.86. The maximum atomic E-state index is 6.34. The summed E-state index contributed by atoms with van der Waals surface area (Å²) in [6.07, 6.45) is 4.91. The molecule has 118 valence electrons. The zero-order valence-electron chi connectivity index (χ0n) is 12.4. The molecule has 0 radical (unpaired) electrons. The lowest BCUT2D eigenvalue weighted by atomic mass is 9.90. The zero-order valence-corrected chi connectivity index (χ0v) is 14.0. The predicted molar refractivity (Wildman–Crippen MR) is 87.7 cm³/mol. The Morgan fingerprint density at radius 3 is 3.09 bits per heavy atom. The Bertz CT molecular complexity index is 846. The summed E-state index contributed by atoms with van der Waals surface area (Å²) >= 11 is 7.98. The summed E-state index contributed by atoms with van der Waals surface area (Å²) in [7, 11) is 0. The third-order valence-corrected chi connectivity index (χ3v) is 5.08. The fourth-order valence-corrected chi connectivity index (χ4v) is 3.63. The van der Waals surface area contributed by atoms with Gasteiger partial charge in [0.05, 0.1) is 22.3 Å². The smallest absolute Gasteiger partial charge is 0.236 e. The van der Waals surface area contributed by atoms with Crippen molar-refractivity contribution in [2.45, 2.75) is 30.1 Å². The molecule has 1 aliphatic rings. The molecule has 23 heavy (non-hydrogen) atoms. The molecule has 1 N–H and O–H groups in total. The lowest BCUT2D eigenvalue weighted by molar-refractivity contribution is 0.352. The highest BCUT2D eigenvalue weighted by Crippen LogP contribution is 2.35. The first-order chi connectivity index (χ1) is 11.3. The van der Waals surface area contributed by atoms with Gasteiger partial charge < -0.3 is 4.52 Å². The van der Waals surface area contributed by atoms with Crippen LogP contribution in [0.15, 0.2) is 27.6 Å². The molecule has 6 nitrogen and oxygen atoms in total. The number of aromatic nitrogens is 5. The van der Waals surface area contributed by atoms with E-state index in [1.165, 1.54) is 0 Å². The molecule has 1 unspecified atom stereocenters. The summed E-state index contributed by atoms with van der Waals surface area (Å²) in [5.41, 5.74) is 2.68. The number of hydrogen-bond donors (Lipinski definition) is 1. The van der Waals surface area contributed by atoms with Crippen LogP contribution in [0.3, 0.4) is 0 Å². The van der Waals surface area contributed by atoms with Gasteiger partial charge in [-0.1, -0.05) is 16.8 Å². The number of hydrogen-bond acceptors (Lipinski definition) is 6. The Kier molecular flexibility index (Phi) is 3.82. The van der Waals surface area contributed by atoms with Crippen molar-refractivity contribution in [3.05, 3.63) is 40.5 Å². The van der Waals surface area contributed by atoms with Crippen LogP contribution in [0.1, 0.15) is 36.0 Å². The van der Waals surface area contributed by atoms with Crippen LogP contribution in [-0.4, -0.2) is 31.8 Å². The number of halogens is 1. The van der Waals surface area contributed by atoms with Crippen LogP contribution in [-0.2, 0) is 6.42 Å². The number of aryl methyl sites for hydroxylation is 1. The lowest BCUT2D eigenvalue weighted by Gasteiger charge is -2.15. The second kappa shape index (κ2) is 5.98. The van der Waals surface area contributed by atoms with Crippen molar-refractivity contribution in [3.63, 3.8) is 0 Å². The number of nitrogens with one attached hydrogen (secondary N) is 1. The molecule has 0 spiro atoms. The molecular weight excluding hydrogens is 334 g/mol. The predicted octanol–water partition coefficient (Wildman–Crippen LogP) is 3.70. The van der Waals surface area contributed by atoms with Gasteiger partial charge in [0, 0.05) is 10.5 Å². The molecule has 2 heterocycles. The van der Waals surface area contributed by atoms with Crippen LogP contribution in [0, 0.1) is 0 Å². The van der Waals surface area contributed by atoms with E-state index in [9.17, 15) is 0 Å². The van der Waals surface area contributed by atoms with Crippen LogP contribution in [0.4, 0.5) is 0 Å². The average molecular weight is 348 g/mol. The van der Waals surface area contributed by atoms with Crippen molar-refractivity contribution in [3.8, 4) is 11.4 Å². The molecule has 1 aliphatic carbocycles. The van der Waals surface area contributed by atoms with Crippen molar-refractivity contribution in [1.82, 2.24) is 25.6 Å². The minimum atomic E-state index is 0.00277. The molecular formula is C15H14ClN5OS. The molecule has 0 saturated heterocycles. The van der Waals surface area contributed by atoms with E-state index < -0.39 is 0 Å². The van der Waals surface area contributed by atoms with Crippen LogP contribution in [0.25, 0.3) is 11.4 Å². The highest BCUT2D eigenvalue weighted by molar-refractivity contribution is 7.98. The highest BCUT2D eigenvalue weighted by atomic mass is 35.5. The van der Waals surface area contributed by atoms with Gasteiger partial charge in [-0.3, -0.25) is 0 Å². The van der Waals surface area contributed by atoms with Crippen molar-refractivity contribution in [2.75, 3.05) is 6.26 Å². The molecule has 3 aromatic rings. The van der Waals surface area contributed by atoms with Gasteiger partial charge in [-0.15, -0.1) is 11.8 Å². The molecule has 2 aromatic heterocycles. The van der Waals surface area contributed by atoms with E-state index in [0.717, 1.165) is 41.1 Å². The summed E-state index contributed by atoms with van der Waals surface area (Å²) in [5, 5.41) is 15.8. The first kappa shape index (κ1) is 14.7. The molecule has 0 saturated carbocycles. The first-order valence-corrected chi connectivity index (χ1v) is 8.93. The average Bonchev–Trinajstić information content (AvgIpc) is 3.23. The number of aromatic amines is 1. The summed E-state index contributed by atoms with van der Waals surface area (Å²) in [5.74, 6) is 1.08. The maximum Gasteiger partial charge on any atom is 0.236 e. The van der Waals surface area contributed by atoms with Gasteiger partial charge in [0.25, 0.3) is 0 Å². The SMILES string of the molecule is CSc1ccc(-c2noc(C3CCCc4n[nH]nc43)n2)c(Cl)c1. The number of thioether (sulfide) groups is 1. The first-order valence-electron chi connectivity index (χ1n) is 7.33. The van der Waals surface area contributed by atoms with E-state index >= 15 is 0 Å². The summed E-state index contributed by atoms with van der Waals surface area (Å²) in [4.78, 5) is 5.65. The van der Waals surface area contributed by atoms with E-state index in [4.69, 9.17) is 16.1 Å². The second-order valence-corrected chi connectivity index (χ2v) is 6.69. The van der Waals surface area contributed by atoms with E-state index in [-0.39, 0.29) is 5.92 Å². The topological polar surface area (TPSA) is 80.5 Å². The molecule has 0 bridgehead atoms. The van der Waals surface area contributed by atoms with Crippen molar-refractivity contribution in [1.29, 1.82) is 0 Å². The van der Waals surface area contributed by atoms with E-state index in [2.05, 4.69) is 25.6 Å². The van der Waals surface area contributed by atoms with E-state index in [1.54, 1.807) is 11.8 Å². The van der Waals surface area contributed by atoms with Crippen LogP contribution in [0.5, 0.6) is 0 Å². The Morgan fingerprint density at radius 1 is 1.35 bits per heavy atom. The number of benzene rings is 1. The Morgan fingerprint density at radius 2 is 2.26 bits per heavy atom. The quantitative estimate of drug-likeness (QED) is 0.727. The van der Waals surface area contributed by atoms with Gasteiger partial charge in [0.15, 0.2) is 0 Å². The molecule has 8 heteroatoms. The zero-order chi connectivity index (χ0) is 15.8. The molecule has 4 rings (SSSR count). The van der Waals surface area contributed by atoms with Crippen LogP contribution >= 0.6 is 23.4 Å². The molecule has 1 aromatic carbocycles. The number of nitrogens with zero attached hydrogens (tertiary/aromatic N) is 4. The second-order valence-electron chi connectivity index (χ2n) is 5.40. The van der Waals surface area contributed by atoms with Crippen LogP contribution in [0.2, 0.25) is 5.02 Å². The van der Waals surface area contributed by atoms with E-state index in [0.29, 0.717) is 16.7 Å². The van der Waals surface area contributed by atoms with Crippen molar-refractivity contribution in [2.24, 2.45) is 0 Å². The molecule has 1 atom stereocenters. The minimum absolute atomic E-state index is 0.00277. The van der Waals surface area contributed by atoms with Gasteiger partial charge >= 0.3 is 0 Å². The van der Waals surface area contributed by atoms with Gasteiger partial charge in [-0.05, 0) is 43.7 Å². The summed E-state index contributed by atoms with van der Waals surface area (Å²) < 4.78 is 5.49. The summed E-state index contributed by atoms with van der Waals surface area (Å²) in [6, 6.07) is 5.83. The third-order valence-electron chi connectivity index (χ3n) is 4.04. The normalized spacial score (nSPS) is 17.2. The number of H-pyrrole nitrogens is 1. The monoisotopic (exact) mass is 347 g/mol. The fourth-order valence-electron chi connectivity index (χ4n) is 2.87.